The first-order chi connectivity index (χ1) is 11.7. The van der Waals surface area contributed by atoms with Gasteiger partial charge in [0.05, 0.1) is 11.3 Å². The van der Waals surface area contributed by atoms with Gasteiger partial charge in [-0.25, -0.2) is 9.16 Å². The fraction of sp³-hybridized carbons (Fsp3) is 0.381. The van der Waals surface area contributed by atoms with Gasteiger partial charge in [0.2, 0.25) is 0 Å². The highest BCUT2D eigenvalue weighted by atomic mass is 32.2. The first kappa shape index (κ1) is 19.4. The molecule has 0 fully saturated rings. The van der Waals surface area contributed by atoms with E-state index in [2.05, 4.69) is 38.1 Å². The van der Waals surface area contributed by atoms with Gasteiger partial charge in [-0.2, -0.15) is 0 Å². The molecule has 4 heteroatoms. The van der Waals surface area contributed by atoms with Crippen molar-refractivity contribution in [2.24, 2.45) is 4.36 Å². The van der Waals surface area contributed by atoms with Crippen LogP contribution in [0.3, 0.4) is 0 Å². The Morgan fingerprint density at radius 3 is 2.16 bits per heavy atom. The fourth-order valence-corrected chi connectivity index (χ4v) is 3.72. The van der Waals surface area contributed by atoms with E-state index in [1.807, 2.05) is 39.0 Å². The Hall–Kier alpha value is -1.94. The van der Waals surface area contributed by atoms with Gasteiger partial charge < -0.3 is 4.74 Å². The van der Waals surface area contributed by atoms with Crippen molar-refractivity contribution in [1.82, 2.24) is 0 Å². The lowest BCUT2D eigenvalue weighted by atomic mass is 10.1. The van der Waals surface area contributed by atoms with Crippen LogP contribution in [-0.4, -0.2) is 16.8 Å². The van der Waals surface area contributed by atoms with E-state index in [4.69, 9.17) is 9.10 Å². The highest BCUT2D eigenvalue weighted by Gasteiger charge is 2.17. The molecule has 25 heavy (non-hydrogen) atoms. The molecule has 3 nitrogen and oxygen atoms in total. The molecule has 2 aromatic carbocycles. The van der Waals surface area contributed by atoms with Crippen LogP contribution in [0.2, 0.25) is 0 Å². The zero-order valence-corrected chi connectivity index (χ0v) is 16.5. The summed E-state index contributed by atoms with van der Waals surface area (Å²) < 4.78 is 10.3. The van der Waals surface area contributed by atoms with Crippen molar-refractivity contribution in [2.45, 2.75) is 51.2 Å². The van der Waals surface area contributed by atoms with Crippen LogP contribution >= 0.6 is 0 Å². The molecule has 1 unspecified atom stereocenters. The summed E-state index contributed by atoms with van der Waals surface area (Å²) in [5.74, 6) is 0.637. The monoisotopic (exact) mass is 357 g/mol. The third-order valence-corrected chi connectivity index (χ3v) is 5.59. The molecule has 0 N–H and O–H groups in total. The lowest BCUT2D eigenvalue weighted by Gasteiger charge is -2.19. The van der Waals surface area contributed by atoms with Gasteiger partial charge in [-0.05, 0) is 50.6 Å². The molecular formula is C21H27NO2S. The van der Waals surface area contributed by atoms with Gasteiger partial charge in [0.15, 0.2) is 0 Å². The summed E-state index contributed by atoms with van der Waals surface area (Å²) in [7, 11) is -0.103. The highest BCUT2D eigenvalue weighted by Crippen LogP contribution is 2.20. The normalized spacial score (nSPS) is 13.0. The van der Waals surface area contributed by atoms with Gasteiger partial charge in [0.1, 0.15) is 5.60 Å². The number of benzene rings is 2. The number of carbonyl (C=O) groups is 1. The second-order valence-corrected chi connectivity index (χ2v) is 9.44. The molecule has 0 aliphatic carbocycles. The summed E-state index contributed by atoms with van der Waals surface area (Å²) in [6.07, 6.45) is 0. The molecule has 0 amide bonds. The molecule has 0 aliphatic rings. The molecule has 0 saturated carbocycles. The first-order valence-electron chi connectivity index (χ1n) is 8.53. The Labute approximate surface area is 153 Å². The summed E-state index contributed by atoms with van der Waals surface area (Å²) in [4.78, 5) is 12.1. The van der Waals surface area contributed by atoms with Gasteiger partial charge in [0.25, 0.3) is 0 Å². The maximum Gasteiger partial charge on any atom is 0.338 e. The molecule has 0 spiro atoms. The third-order valence-electron chi connectivity index (χ3n) is 3.43. The van der Waals surface area contributed by atoms with E-state index in [0.717, 1.165) is 11.4 Å². The van der Waals surface area contributed by atoms with Crippen molar-refractivity contribution in [1.29, 1.82) is 0 Å². The highest BCUT2D eigenvalue weighted by molar-refractivity contribution is 7.87. The standard InChI is InChI=1S/C21H27NO2S/c1-16(2)25(15-17-9-7-6-8-10-17)22-19-13-11-18(12-14-19)20(23)24-21(3,4)5/h6-14,16H,15H2,1-5H3. The molecule has 0 bridgehead atoms. The maximum atomic E-state index is 12.1. The van der Waals surface area contributed by atoms with E-state index in [-0.39, 0.29) is 16.7 Å². The van der Waals surface area contributed by atoms with Crippen LogP contribution in [-0.2, 0) is 21.2 Å². The molecule has 2 aromatic rings. The molecule has 0 saturated heterocycles. The van der Waals surface area contributed by atoms with E-state index in [1.165, 1.54) is 5.56 Å². The lowest BCUT2D eigenvalue weighted by Crippen LogP contribution is -2.23. The Balaban J connectivity index is 2.16. The Bertz CT molecular complexity index is 729. The largest absolute Gasteiger partial charge is 0.456 e. The van der Waals surface area contributed by atoms with Crippen molar-refractivity contribution in [3.63, 3.8) is 0 Å². The number of carbonyl (C=O) groups excluding carboxylic acids is 1. The van der Waals surface area contributed by atoms with Crippen LogP contribution in [0, 0.1) is 0 Å². The second kappa shape index (κ2) is 8.43. The lowest BCUT2D eigenvalue weighted by molar-refractivity contribution is 0.00696. The second-order valence-electron chi connectivity index (χ2n) is 7.22. The van der Waals surface area contributed by atoms with E-state index in [0.29, 0.717) is 10.8 Å². The minimum atomic E-state index is -0.486. The Morgan fingerprint density at radius 1 is 1.04 bits per heavy atom. The summed E-state index contributed by atoms with van der Waals surface area (Å²) in [6, 6.07) is 17.8. The minimum Gasteiger partial charge on any atom is -0.456 e. The quantitative estimate of drug-likeness (QED) is 0.645. The van der Waals surface area contributed by atoms with E-state index >= 15 is 0 Å². The third kappa shape index (κ3) is 6.46. The van der Waals surface area contributed by atoms with Crippen molar-refractivity contribution < 1.29 is 9.53 Å². The fourth-order valence-electron chi connectivity index (χ4n) is 2.18. The van der Waals surface area contributed by atoms with Gasteiger partial charge in [-0.1, -0.05) is 54.9 Å². The Morgan fingerprint density at radius 2 is 1.64 bits per heavy atom. The topological polar surface area (TPSA) is 38.7 Å². The van der Waals surface area contributed by atoms with Crippen molar-refractivity contribution in [3.8, 4) is 0 Å². The molecule has 0 aromatic heterocycles. The zero-order valence-electron chi connectivity index (χ0n) is 15.7. The molecule has 0 heterocycles. The molecule has 0 aliphatic heterocycles. The summed E-state index contributed by atoms with van der Waals surface area (Å²) in [5.41, 5.74) is 2.27. The minimum absolute atomic E-state index is 0.103. The molecule has 134 valence electrons. The summed E-state index contributed by atoms with van der Waals surface area (Å²) in [6.45, 7) is 10.0. The number of hydrogen-bond acceptors (Lipinski definition) is 3. The first-order valence-corrected chi connectivity index (χ1v) is 9.95. The van der Waals surface area contributed by atoms with Crippen molar-refractivity contribution >= 4 is 22.3 Å². The van der Waals surface area contributed by atoms with Gasteiger partial charge in [0, 0.05) is 11.0 Å². The molecule has 1 atom stereocenters. The smallest absolute Gasteiger partial charge is 0.338 e. The van der Waals surface area contributed by atoms with E-state index in [9.17, 15) is 4.79 Å². The Kier molecular flexibility index (Phi) is 6.54. The predicted octanol–water partition coefficient (Wildman–Crippen LogP) is 5.68. The van der Waals surface area contributed by atoms with Crippen molar-refractivity contribution in [3.05, 3.63) is 65.7 Å². The van der Waals surface area contributed by atoms with Gasteiger partial charge in [-0.3, -0.25) is 0 Å². The SMILES string of the molecule is CC(C)S(Cc1ccccc1)=Nc1ccc(C(=O)OC(C)(C)C)cc1. The molecule has 2 rings (SSSR count). The predicted molar refractivity (Wildman–Crippen MR) is 106 cm³/mol. The maximum absolute atomic E-state index is 12.1. The molecule has 0 radical (unpaired) electrons. The van der Waals surface area contributed by atoms with E-state index in [1.54, 1.807) is 12.1 Å². The average molecular weight is 358 g/mol. The van der Waals surface area contributed by atoms with Crippen LogP contribution in [0.25, 0.3) is 0 Å². The van der Waals surface area contributed by atoms with Crippen LogP contribution in [0.5, 0.6) is 0 Å². The number of esters is 1. The zero-order chi connectivity index (χ0) is 18.4. The van der Waals surface area contributed by atoms with Crippen LogP contribution in [0.15, 0.2) is 59.0 Å². The van der Waals surface area contributed by atoms with Crippen LogP contribution in [0.1, 0.15) is 50.5 Å². The van der Waals surface area contributed by atoms with E-state index < -0.39 is 5.60 Å². The number of rotatable bonds is 5. The van der Waals surface area contributed by atoms with Crippen LogP contribution < -0.4 is 0 Å². The number of ether oxygens (including phenoxy) is 1. The van der Waals surface area contributed by atoms with Gasteiger partial charge >= 0.3 is 5.97 Å². The van der Waals surface area contributed by atoms with Crippen LogP contribution in [0.4, 0.5) is 5.69 Å². The summed E-state index contributed by atoms with van der Waals surface area (Å²) in [5, 5.41) is 0.464. The molecular weight excluding hydrogens is 330 g/mol. The number of hydrogen-bond donors (Lipinski definition) is 0. The van der Waals surface area contributed by atoms with Crippen molar-refractivity contribution in [2.75, 3.05) is 0 Å². The average Bonchev–Trinajstić information content (AvgIpc) is 2.54. The van der Waals surface area contributed by atoms with Gasteiger partial charge in [-0.15, -0.1) is 0 Å². The number of nitrogens with zero attached hydrogens (tertiary/aromatic N) is 1. The summed E-state index contributed by atoms with van der Waals surface area (Å²) >= 11 is 0.